The molecule has 8 heteroatoms. The molecule has 1 aromatic heterocycles. The van der Waals surface area contributed by atoms with Crippen molar-refractivity contribution in [2.45, 2.75) is 13.3 Å². The first-order valence-electron chi connectivity index (χ1n) is 9.93. The topological polar surface area (TPSA) is 119 Å². The number of hydrazone groups is 1. The van der Waals surface area contributed by atoms with Gasteiger partial charge in [0.05, 0.1) is 24.8 Å². The Balaban J connectivity index is 1.47. The third-order valence-electron chi connectivity index (χ3n) is 4.94. The lowest BCUT2D eigenvalue weighted by atomic mass is 10.1. The van der Waals surface area contributed by atoms with Gasteiger partial charge >= 0.3 is 0 Å². The average Bonchev–Trinajstić information content (AvgIpc) is 3.14. The summed E-state index contributed by atoms with van der Waals surface area (Å²) in [5, 5.41) is 8.68. The first-order chi connectivity index (χ1) is 15.5. The molecule has 0 saturated heterocycles. The van der Waals surface area contributed by atoms with Crippen LogP contribution in [0.15, 0.2) is 70.2 Å². The largest absolute Gasteiger partial charge is 0.495 e. The molecule has 32 heavy (non-hydrogen) atoms. The Labute approximate surface area is 184 Å². The van der Waals surface area contributed by atoms with Crippen molar-refractivity contribution in [3.63, 3.8) is 0 Å². The highest BCUT2D eigenvalue weighted by atomic mass is 16.5. The average molecular weight is 430 g/mol. The number of hydrogen-bond donors (Lipinski definition) is 3. The zero-order valence-electron chi connectivity index (χ0n) is 17.6. The van der Waals surface area contributed by atoms with Crippen molar-refractivity contribution in [3.8, 4) is 5.75 Å². The molecule has 162 valence electrons. The lowest BCUT2D eigenvalue weighted by Crippen LogP contribution is -2.22. The molecule has 0 fully saturated rings. The van der Waals surface area contributed by atoms with Crippen LogP contribution in [0.4, 0.5) is 11.4 Å². The first-order valence-corrected chi connectivity index (χ1v) is 9.93. The highest BCUT2D eigenvalue weighted by Gasteiger charge is 2.15. The van der Waals surface area contributed by atoms with Crippen molar-refractivity contribution in [1.29, 1.82) is 0 Å². The molecule has 0 atom stereocenters. The molecule has 0 bridgehead atoms. The number of ether oxygens (including phenoxy) is 1. The number of anilines is 2. The van der Waals surface area contributed by atoms with Crippen LogP contribution < -0.4 is 21.2 Å². The quantitative estimate of drug-likeness (QED) is 0.239. The van der Waals surface area contributed by atoms with Gasteiger partial charge in [-0.25, -0.2) is 5.43 Å². The number of carbonyl (C=O) groups excluding carboxylic acids is 2. The van der Waals surface area contributed by atoms with Crippen molar-refractivity contribution >= 4 is 50.8 Å². The molecule has 8 nitrogen and oxygen atoms in total. The molecule has 0 radical (unpaired) electrons. The van der Waals surface area contributed by atoms with E-state index < -0.39 is 5.91 Å². The van der Waals surface area contributed by atoms with Crippen molar-refractivity contribution in [3.05, 3.63) is 66.2 Å². The maximum Gasteiger partial charge on any atom is 0.273 e. The molecule has 2 amide bonds. The first kappa shape index (κ1) is 20.9. The molecule has 0 unspecified atom stereocenters. The second-order valence-electron chi connectivity index (χ2n) is 7.25. The third kappa shape index (κ3) is 4.24. The van der Waals surface area contributed by atoms with Gasteiger partial charge in [-0.2, -0.15) is 5.10 Å². The van der Waals surface area contributed by atoms with Crippen LogP contribution in [0.2, 0.25) is 0 Å². The van der Waals surface area contributed by atoms with Gasteiger partial charge in [0, 0.05) is 28.2 Å². The van der Waals surface area contributed by atoms with Crippen LogP contribution in [0.5, 0.6) is 5.75 Å². The number of rotatable bonds is 6. The number of nitrogens with zero attached hydrogens (tertiary/aromatic N) is 1. The summed E-state index contributed by atoms with van der Waals surface area (Å²) in [4.78, 5) is 24.8. The van der Waals surface area contributed by atoms with Crippen LogP contribution in [0.1, 0.15) is 23.7 Å². The Hall–Kier alpha value is -4.33. The Kier molecular flexibility index (Phi) is 5.76. The van der Waals surface area contributed by atoms with E-state index in [4.69, 9.17) is 14.9 Å². The van der Waals surface area contributed by atoms with Crippen LogP contribution in [0.25, 0.3) is 21.9 Å². The fraction of sp³-hybridized carbons (Fsp3) is 0.125. The Bertz CT molecular complexity index is 1360. The fourth-order valence-corrected chi connectivity index (χ4v) is 3.39. The normalized spacial score (nSPS) is 11.5. The minimum atomic E-state index is -0.445. The molecule has 4 rings (SSSR count). The fourth-order valence-electron chi connectivity index (χ4n) is 3.39. The van der Waals surface area contributed by atoms with Crippen LogP contribution in [-0.2, 0) is 4.79 Å². The zero-order chi connectivity index (χ0) is 22.7. The van der Waals surface area contributed by atoms with Gasteiger partial charge in [0.1, 0.15) is 16.9 Å². The van der Waals surface area contributed by atoms with E-state index in [0.717, 1.165) is 16.4 Å². The zero-order valence-corrected chi connectivity index (χ0v) is 17.6. The lowest BCUT2D eigenvalue weighted by molar-refractivity contribution is -0.115. The van der Waals surface area contributed by atoms with Gasteiger partial charge in [-0.3, -0.25) is 9.59 Å². The molecule has 0 aliphatic rings. The Morgan fingerprint density at radius 3 is 2.56 bits per heavy atom. The summed E-state index contributed by atoms with van der Waals surface area (Å²) in [7, 11) is 1.54. The maximum atomic E-state index is 12.6. The van der Waals surface area contributed by atoms with Gasteiger partial charge in [-0.1, -0.05) is 30.3 Å². The van der Waals surface area contributed by atoms with E-state index in [1.807, 2.05) is 30.3 Å². The molecule has 4 aromatic rings. The second kappa shape index (κ2) is 8.81. The molecule has 4 N–H and O–H groups in total. The monoisotopic (exact) mass is 430 g/mol. The second-order valence-corrected chi connectivity index (χ2v) is 7.25. The molecule has 0 saturated carbocycles. The molecule has 3 aromatic carbocycles. The van der Waals surface area contributed by atoms with E-state index in [1.165, 1.54) is 7.11 Å². The van der Waals surface area contributed by atoms with Crippen molar-refractivity contribution < 1.29 is 18.7 Å². The molecule has 0 aliphatic heterocycles. The minimum absolute atomic E-state index is 0.0220. The summed E-state index contributed by atoms with van der Waals surface area (Å²) in [6.07, 6.45) is -0.0220. The number of benzene rings is 3. The van der Waals surface area contributed by atoms with E-state index in [2.05, 4.69) is 15.8 Å². The number of fused-ring (bicyclic) bond motifs is 3. The Morgan fingerprint density at radius 2 is 1.78 bits per heavy atom. The summed E-state index contributed by atoms with van der Waals surface area (Å²) in [6, 6.07) is 17.9. The van der Waals surface area contributed by atoms with Gasteiger partial charge < -0.3 is 20.2 Å². The standard InChI is InChI=1S/C24H22N4O4/c1-14(27-28-24(30)16-8-3-5-9-18(16)25)11-23(29)26-19-13-21-17(12-22(19)31-2)15-7-4-6-10-20(15)32-21/h3-10,12-13H,11,25H2,1-2H3,(H,26,29)(H,28,30). The molecule has 0 aliphatic carbocycles. The predicted octanol–water partition coefficient (Wildman–Crippen LogP) is 4.31. The minimum Gasteiger partial charge on any atom is -0.495 e. The maximum absolute atomic E-state index is 12.6. The molecular weight excluding hydrogens is 408 g/mol. The van der Waals surface area contributed by atoms with Gasteiger partial charge in [0.2, 0.25) is 5.91 Å². The van der Waals surface area contributed by atoms with Crippen molar-refractivity contribution in [2.24, 2.45) is 5.10 Å². The predicted molar refractivity (Wildman–Crippen MR) is 125 cm³/mol. The number of furan rings is 1. The lowest BCUT2D eigenvalue weighted by Gasteiger charge is -2.10. The number of methoxy groups -OCH3 is 1. The third-order valence-corrected chi connectivity index (χ3v) is 4.94. The number of nitrogens with one attached hydrogen (secondary N) is 2. The van der Waals surface area contributed by atoms with Crippen LogP contribution in [0.3, 0.4) is 0 Å². The van der Waals surface area contributed by atoms with E-state index in [9.17, 15) is 9.59 Å². The number of amides is 2. The van der Waals surface area contributed by atoms with Crippen LogP contribution in [-0.4, -0.2) is 24.6 Å². The van der Waals surface area contributed by atoms with Crippen molar-refractivity contribution in [1.82, 2.24) is 5.43 Å². The van der Waals surface area contributed by atoms with Gasteiger partial charge in [-0.05, 0) is 31.2 Å². The summed E-state index contributed by atoms with van der Waals surface area (Å²) in [6.45, 7) is 1.65. The van der Waals surface area contributed by atoms with E-state index in [0.29, 0.717) is 34.0 Å². The molecule has 0 spiro atoms. The summed E-state index contributed by atoms with van der Waals surface area (Å²) < 4.78 is 11.3. The summed E-state index contributed by atoms with van der Waals surface area (Å²) >= 11 is 0. The number of carbonyl (C=O) groups is 2. The van der Waals surface area contributed by atoms with Crippen molar-refractivity contribution in [2.75, 3.05) is 18.2 Å². The van der Waals surface area contributed by atoms with Crippen LogP contribution in [0, 0.1) is 0 Å². The summed E-state index contributed by atoms with van der Waals surface area (Å²) in [5.41, 5.74) is 11.2. The molecule has 1 heterocycles. The highest BCUT2D eigenvalue weighted by Crippen LogP contribution is 2.36. The van der Waals surface area contributed by atoms with Crippen LogP contribution >= 0.6 is 0 Å². The number of nitrogens with two attached hydrogens (primary N) is 1. The molecular formula is C24H22N4O4. The Morgan fingerprint density at radius 1 is 1.03 bits per heavy atom. The van der Waals surface area contributed by atoms with E-state index in [1.54, 1.807) is 37.3 Å². The van der Waals surface area contributed by atoms with Gasteiger partial charge in [0.25, 0.3) is 5.91 Å². The van der Waals surface area contributed by atoms with Gasteiger partial charge in [0.15, 0.2) is 0 Å². The summed E-state index contributed by atoms with van der Waals surface area (Å²) in [5.74, 6) is -0.242. The number of nitrogen functional groups attached to an aromatic ring is 1. The number of hydrogen-bond acceptors (Lipinski definition) is 6. The highest BCUT2D eigenvalue weighted by molar-refractivity contribution is 6.10. The van der Waals surface area contributed by atoms with E-state index >= 15 is 0 Å². The van der Waals surface area contributed by atoms with E-state index in [-0.39, 0.29) is 12.3 Å². The number of para-hydroxylation sites is 2. The van der Waals surface area contributed by atoms with Gasteiger partial charge in [-0.15, -0.1) is 0 Å². The SMILES string of the molecule is COc1cc2c(cc1NC(=O)CC(C)=NNC(=O)c1ccccc1N)oc1ccccc12. The smallest absolute Gasteiger partial charge is 0.273 e.